The second kappa shape index (κ2) is 4.75. The second-order valence-electron chi connectivity index (χ2n) is 3.25. The Morgan fingerprint density at radius 1 is 1.56 bits per heavy atom. The van der Waals surface area contributed by atoms with Crippen LogP contribution in [0.15, 0.2) is 11.1 Å². The fourth-order valence-corrected chi connectivity index (χ4v) is 1.26. The maximum Gasteiger partial charge on any atom is 0.278 e. The molecule has 0 radical (unpaired) electrons. The van der Waals surface area contributed by atoms with Gasteiger partial charge < -0.3 is 15.0 Å². The van der Waals surface area contributed by atoms with Crippen LogP contribution in [0.2, 0.25) is 0 Å². The summed E-state index contributed by atoms with van der Waals surface area (Å²) < 4.78 is 5.22. The number of aromatic amines is 2. The van der Waals surface area contributed by atoms with Crippen LogP contribution in [0.1, 0.15) is 13.3 Å². The van der Waals surface area contributed by atoms with E-state index in [1.54, 1.807) is 0 Å². The van der Waals surface area contributed by atoms with Crippen molar-refractivity contribution in [2.45, 2.75) is 13.3 Å². The molecule has 2 aromatic heterocycles. The summed E-state index contributed by atoms with van der Waals surface area (Å²) >= 11 is 0. The van der Waals surface area contributed by atoms with Crippen LogP contribution in [0.5, 0.6) is 0 Å². The standard InChI is InChI=1S/C9H13N5O2/c1-2-3-16-5-12-9-13-7-6(8(15)14-9)10-4-11-7/h4H,2-3,5H2,1H3,(H3,10,11,12,13,14,15). The van der Waals surface area contributed by atoms with Gasteiger partial charge in [0.05, 0.1) is 6.33 Å². The predicted octanol–water partition coefficient (Wildman–Crippen LogP) is 0.442. The molecule has 0 aliphatic heterocycles. The maximum atomic E-state index is 11.5. The number of ether oxygens (including phenoxy) is 1. The summed E-state index contributed by atoms with van der Waals surface area (Å²) in [5, 5.41) is 2.86. The lowest BCUT2D eigenvalue weighted by molar-refractivity contribution is 0.152. The molecule has 2 rings (SSSR count). The van der Waals surface area contributed by atoms with Crippen LogP contribution in [0.25, 0.3) is 11.2 Å². The maximum absolute atomic E-state index is 11.5. The molecule has 0 saturated carbocycles. The highest BCUT2D eigenvalue weighted by Crippen LogP contribution is 2.02. The minimum atomic E-state index is -0.250. The Labute approximate surface area is 91.3 Å². The molecule has 7 heteroatoms. The molecule has 0 unspecified atom stereocenters. The molecule has 0 saturated heterocycles. The number of rotatable bonds is 5. The van der Waals surface area contributed by atoms with E-state index in [0.717, 1.165) is 6.42 Å². The van der Waals surface area contributed by atoms with E-state index in [4.69, 9.17) is 4.74 Å². The van der Waals surface area contributed by atoms with E-state index in [1.165, 1.54) is 6.33 Å². The monoisotopic (exact) mass is 223 g/mol. The van der Waals surface area contributed by atoms with E-state index in [2.05, 4.69) is 25.3 Å². The minimum Gasteiger partial charge on any atom is -0.361 e. The van der Waals surface area contributed by atoms with E-state index in [1.807, 2.05) is 6.92 Å². The Bertz CT molecular complexity index is 518. The Morgan fingerprint density at radius 2 is 2.44 bits per heavy atom. The number of nitrogens with zero attached hydrogens (tertiary/aromatic N) is 2. The van der Waals surface area contributed by atoms with Crippen molar-refractivity contribution in [3.63, 3.8) is 0 Å². The molecule has 0 spiro atoms. The zero-order chi connectivity index (χ0) is 11.4. The Morgan fingerprint density at radius 3 is 3.25 bits per heavy atom. The van der Waals surface area contributed by atoms with Crippen LogP contribution < -0.4 is 10.9 Å². The van der Waals surface area contributed by atoms with Crippen molar-refractivity contribution in [2.75, 3.05) is 18.7 Å². The number of fused-ring (bicyclic) bond motifs is 1. The van der Waals surface area contributed by atoms with Crippen LogP contribution in [0.4, 0.5) is 5.95 Å². The molecule has 2 aromatic rings. The van der Waals surface area contributed by atoms with Gasteiger partial charge in [-0.1, -0.05) is 6.92 Å². The number of H-pyrrole nitrogens is 2. The lowest BCUT2D eigenvalue weighted by Crippen LogP contribution is -2.15. The number of nitrogens with one attached hydrogen (secondary N) is 3. The third-order valence-corrected chi connectivity index (χ3v) is 1.99. The Kier molecular flexibility index (Phi) is 3.16. The molecule has 16 heavy (non-hydrogen) atoms. The first-order valence-corrected chi connectivity index (χ1v) is 5.06. The number of aromatic nitrogens is 4. The van der Waals surface area contributed by atoms with Crippen LogP contribution in [0.3, 0.4) is 0 Å². The number of hydrogen-bond acceptors (Lipinski definition) is 5. The zero-order valence-corrected chi connectivity index (χ0v) is 8.91. The largest absolute Gasteiger partial charge is 0.361 e. The average Bonchev–Trinajstić information content (AvgIpc) is 2.73. The molecule has 0 amide bonds. The Balaban J connectivity index is 2.10. The predicted molar refractivity (Wildman–Crippen MR) is 59.2 cm³/mol. The zero-order valence-electron chi connectivity index (χ0n) is 8.91. The molecule has 3 N–H and O–H groups in total. The quantitative estimate of drug-likeness (QED) is 0.505. The van der Waals surface area contributed by atoms with Crippen molar-refractivity contribution in [1.29, 1.82) is 0 Å². The van der Waals surface area contributed by atoms with Crippen molar-refractivity contribution < 1.29 is 4.74 Å². The summed E-state index contributed by atoms with van der Waals surface area (Å²) in [7, 11) is 0. The molecule has 0 aliphatic carbocycles. The molecule has 7 nitrogen and oxygen atoms in total. The van der Waals surface area contributed by atoms with Gasteiger partial charge in [-0.15, -0.1) is 0 Å². The van der Waals surface area contributed by atoms with Gasteiger partial charge in [-0.25, -0.2) is 4.98 Å². The number of imidazole rings is 1. The third-order valence-electron chi connectivity index (χ3n) is 1.99. The number of hydrogen-bond donors (Lipinski definition) is 3. The van der Waals surface area contributed by atoms with Crippen LogP contribution in [-0.4, -0.2) is 33.3 Å². The summed E-state index contributed by atoms with van der Waals surface area (Å²) in [4.78, 5) is 24.8. The van der Waals surface area contributed by atoms with E-state index in [9.17, 15) is 4.79 Å². The summed E-state index contributed by atoms with van der Waals surface area (Å²) in [5.74, 6) is 0.362. The summed E-state index contributed by atoms with van der Waals surface area (Å²) in [6, 6.07) is 0. The van der Waals surface area contributed by atoms with E-state index in [0.29, 0.717) is 30.4 Å². The van der Waals surface area contributed by atoms with Crippen LogP contribution in [0, 0.1) is 0 Å². The highest BCUT2D eigenvalue weighted by molar-refractivity contribution is 5.69. The smallest absolute Gasteiger partial charge is 0.278 e. The first-order valence-electron chi connectivity index (χ1n) is 5.06. The summed E-state index contributed by atoms with van der Waals surface area (Å²) in [5.41, 5.74) is 0.516. The van der Waals surface area contributed by atoms with Crippen molar-refractivity contribution in [2.24, 2.45) is 0 Å². The lowest BCUT2D eigenvalue weighted by Gasteiger charge is -2.04. The molecule has 86 valence electrons. The topological polar surface area (TPSA) is 95.7 Å². The van der Waals surface area contributed by atoms with E-state index in [-0.39, 0.29) is 5.56 Å². The average molecular weight is 223 g/mol. The third kappa shape index (κ3) is 2.19. The van der Waals surface area contributed by atoms with Crippen LogP contribution in [-0.2, 0) is 4.74 Å². The van der Waals surface area contributed by atoms with Gasteiger partial charge in [0, 0.05) is 6.61 Å². The first kappa shape index (κ1) is 10.6. The van der Waals surface area contributed by atoms with Crippen molar-refractivity contribution >= 4 is 17.1 Å². The van der Waals surface area contributed by atoms with Gasteiger partial charge in [-0.3, -0.25) is 9.78 Å². The van der Waals surface area contributed by atoms with Gasteiger partial charge in [0.2, 0.25) is 5.95 Å². The SMILES string of the molecule is CCCOCNc1nc2nc[nH]c2c(=O)[nH]1. The van der Waals surface area contributed by atoms with Crippen LogP contribution >= 0.6 is 0 Å². The van der Waals surface area contributed by atoms with Crippen molar-refractivity contribution in [1.82, 2.24) is 19.9 Å². The highest BCUT2D eigenvalue weighted by atomic mass is 16.5. The van der Waals surface area contributed by atoms with Gasteiger partial charge in [0.25, 0.3) is 5.56 Å². The van der Waals surface area contributed by atoms with Gasteiger partial charge in [-0.2, -0.15) is 4.98 Å². The molecule has 0 aliphatic rings. The minimum absolute atomic E-state index is 0.250. The van der Waals surface area contributed by atoms with Crippen molar-refractivity contribution in [3.05, 3.63) is 16.7 Å². The van der Waals surface area contributed by atoms with Gasteiger partial charge in [0.1, 0.15) is 6.73 Å². The Hall–Kier alpha value is -1.89. The van der Waals surface area contributed by atoms with E-state index < -0.39 is 0 Å². The highest BCUT2D eigenvalue weighted by Gasteiger charge is 2.04. The second-order valence-corrected chi connectivity index (χ2v) is 3.25. The van der Waals surface area contributed by atoms with Crippen molar-refractivity contribution in [3.8, 4) is 0 Å². The molecule has 2 heterocycles. The first-order chi connectivity index (χ1) is 7.81. The normalized spacial score (nSPS) is 10.8. The lowest BCUT2D eigenvalue weighted by atomic mass is 10.5. The molecule has 0 fully saturated rings. The summed E-state index contributed by atoms with van der Waals surface area (Å²) in [6.07, 6.45) is 2.38. The molecular weight excluding hydrogens is 210 g/mol. The summed E-state index contributed by atoms with van der Waals surface area (Å²) in [6.45, 7) is 3.00. The fourth-order valence-electron chi connectivity index (χ4n) is 1.26. The number of anilines is 1. The molecule has 0 bridgehead atoms. The molecular formula is C9H13N5O2. The fraction of sp³-hybridized carbons (Fsp3) is 0.444. The van der Waals surface area contributed by atoms with E-state index >= 15 is 0 Å². The molecule has 0 aromatic carbocycles. The van der Waals surface area contributed by atoms with Gasteiger partial charge in [0.15, 0.2) is 11.2 Å². The molecule has 0 atom stereocenters. The van der Waals surface area contributed by atoms with Gasteiger partial charge >= 0.3 is 0 Å². The van der Waals surface area contributed by atoms with Gasteiger partial charge in [-0.05, 0) is 6.42 Å².